The smallest absolute Gasteiger partial charge is 0.305 e. The van der Waals surface area contributed by atoms with Crippen molar-refractivity contribution in [2.75, 3.05) is 13.2 Å². The number of aliphatic hydroxyl groups excluding tert-OH is 2. The second kappa shape index (κ2) is 63.1. The second-order valence-electron chi connectivity index (χ2n) is 23.2. The minimum absolute atomic E-state index is 0.0226. The molecule has 3 N–H and O–H groups in total. The molecule has 1 amide bonds. The van der Waals surface area contributed by atoms with Crippen molar-refractivity contribution in [2.24, 2.45) is 0 Å². The summed E-state index contributed by atoms with van der Waals surface area (Å²) >= 11 is 0. The Labute approximate surface area is 457 Å². The van der Waals surface area contributed by atoms with Crippen molar-refractivity contribution in [1.29, 1.82) is 0 Å². The van der Waals surface area contributed by atoms with Gasteiger partial charge in [0, 0.05) is 12.8 Å². The van der Waals surface area contributed by atoms with Gasteiger partial charge >= 0.3 is 5.97 Å². The standard InChI is InChI=1S/C67H131NO5/c1-3-5-7-9-11-13-15-17-18-34-37-41-45-49-53-57-61-67(72)73-62-58-54-50-46-42-38-35-32-30-28-26-24-22-20-19-21-23-25-27-29-31-33-36-40-44-48-52-56-60-66(71)68-64(63-69)65(70)59-55-51-47-43-39-16-14-12-10-8-6-4-2/h55,59,64-65,69-70H,3-54,56-58,60-63H2,1-2H3,(H,68,71)/b59-55+. The summed E-state index contributed by atoms with van der Waals surface area (Å²) in [4.78, 5) is 24.5. The van der Waals surface area contributed by atoms with E-state index in [0.717, 1.165) is 38.5 Å². The summed E-state index contributed by atoms with van der Waals surface area (Å²) in [6, 6.07) is -0.623. The van der Waals surface area contributed by atoms with Crippen LogP contribution in [0.25, 0.3) is 0 Å². The lowest BCUT2D eigenvalue weighted by atomic mass is 10.0. The van der Waals surface area contributed by atoms with Crippen LogP contribution in [-0.2, 0) is 14.3 Å². The average Bonchev–Trinajstić information content (AvgIpc) is 3.39. The van der Waals surface area contributed by atoms with Gasteiger partial charge in [0.1, 0.15) is 0 Å². The van der Waals surface area contributed by atoms with Gasteiger partial charge in [-0.25, -0.2) is 0 Å². The maximum Gasteiger partial charge on any atom is 0.305 e. The number of rotatable bonds is 63. The molecular formula is C67H131NO5. The van der Waals surface area contributed by atoms with Gasteiger partial charge in [0.15, 0.2) is 0 Å². The first-order valence-electron chi connectivity index (χ1n) is 33.5. The zero-order valence-electron chi connectivity index (χ0n) is 49.6. The van der Waals surface area contributed by atoms with Crippen LogP contribution in [0.2, 0.25) is 0 Å². The highest BCUT2D eigenvalue weighted by Gasteiger charge is 2.18. The first-order chi connectivity index (χ1) is 36.0. The van der Waals surface area contributed by atoms with Crippen molar-refractivity contribution >= 4 is 11.9 Å². The van der Waals surface area contributed by atoms with Crippen LogP contribution in [0, 0.1) is 0 Å². The molecule has 6 nitrogen and oxygen atoms in total. The van der Waals surface area contributed by atoms with E-state index in [2.05, 4.69) is 19.2 Å². The lowest BCUT2D eigenvalue weighted by Crippen LogP contribution is -2.45. The Hall–Kier alpha value is -1.40. The molecule has 0 aliphatic carbocycles. The van der Waals surface area contributed by atoms with E-state index in [-0.39, 0.29) is 18.5 Å². The second-order valence-corrected chi connectivity index (χ2v) is 23.2. The number of hydrogen-bond acceptors (Lipinski definition) is 5. The van der Waals surface area contributed by atoms with Crippen LogP contribution < -0.4 is 5.32 Å². The van der Waals surface area contributed by atoms with Crippen molar-refractivity contribution in [2.45, 2.75) is 392 Å². The average molecular weight is 1030 g/mol. The molecule has 0 rings (SSSR count). The molecule has 0 aliphatic heterocycles. The van der Waals surface area contributed by atoms with Gasteiger partial charge in [-0.3, -0.25) is 9.59 Å². The summed E-state index contributed by atoms with van der Waals surface area (Å²) < 4.78 is 5.50. The molecule has 0 aromatic rings. The summed E-state index contributed by atoms with van der Waals surface area (Å²) in [6.45, 7) is 4.93. The molecule has 0 aromatic heterocycles. The van der Waals surface area contributed by atoms with Gasteiger partial charge in [-0.15, -0.1) is 0 Å². The predicted octanol–water partition coefficient (Wildman–Crippen LogP) is 21.2. The maximum absolute atomic E-state index is 12.4. The van der Waals surface area contributed by atoms with Crippen molar-refractivity contribution in [3.05, 3.63) is 12.2 Å². The monoisotopic (exact) mass is 1030 g/mol. The molecule has 0 aromatic carbocycles. The maximum atomic E-state index is 12.4. The normalized spacial score (nSPS) is 12.5. The van der Waals surface area contributed by atoms with Gasteiger partial charge in [0.05, 0.1) is 25.4 Å². The molecule has 0 heterocycles. The van der Waals surface area contributed by atoms with Crippen molar-refractivity contribution in [3.8, 4) is 0 Å². The molecule has 2 unspecified atom stereocenters. The van der Waals surface area contributed by atoms with Crippen LogP contribution in [0.5, 0.6) is 0 Å². The van der Waals surface area contributed by atoms with E-state index in [1.807, 2.05) is 6.08 Å². The van der Waals surface area contributed by atoms with E-state index in [4.69, 9.17) is 4.74 Å². The Bertz CT molecular complexity index is 1100. The highest BCUT2D eigenvalue weighted by molar-refractivity contribution is 5.76. The number of carbonyl (C=O) groups excluding carboxylic acids is 2. The Morgan fingerprint density at radius 1 is 0.370 bits per heavy atom. The van der Waals surface area contributed by atoms with Crippen LogP contribution in [0.15, 0.2) is 12.2 Å². The largest absolute Gasteiger partial charge is 0.466 e. The zero-order chi connectivity index (χ0) is 52.9. The number of amides is 1. The fourth-order valence-electron chi connectivity index (χ4n) is 10.7. The van der Waals surface area contributed by atoms with E-state index >= 15 is 0 Å². The van der Waals surface area contributed by atoms with Crippen LogP contribution in [-0.4, -0.2) is 47.4 Å². The number of allylic oxidation sites excluding steroid dienone is 1. The summed E-state index contributed by atoms with van der Waals surface area (Å²) in [6.07, 6.45) is 77.1. The topological polar surface area (TPSA) is 95.9 Å². The van der Waals surface area contributed by atoms with Crippen molar-refractivity contribution in [1.82, 2.24) is 5.32 Å². The minimum Gasteiger partial charge on any atom is -0.466 e. The molecule has 0 saturated heterocycles. The quantitative estimate of drug-likeness (QED) is 0.0320. The van der Waals surface area contributed by atoms with Gasteiger partial charge in [-0.2, -0.15) is 0 Å². The molecule has 6 heteroatoms. The van der Waals surface area contributed by atoms with Crippen LogP contribution >= 0.6 is 0 Å². The van der Waals surface area contributed by atoms with E-state index in [1.165, 1.54) is 315 Å². The van der Waals surface area contributed by atoms with E-state index in [1.54, 1.807) is 6.08 Å². The Morgan fingerprint density at radius 2 is 0.630 bits per heavy atom. The number of nitrogens with one attached hydrogen (secondary N) is 1. The van der Waals surface area contributed by atoms with Gasteiger partial charge in [-0.1, -0.05) is 347 Å². The van der Waals surface area contributed by atoms with Crippen molar-refractivity contribution < 1.29 is 24.5 Å². The molecule has 0 saturated carbocycles. The van der Waals surface area contributed by atoms with Crippen LogP contribution in [0.4, 0.5) is 0 Å². The number of esters is 1. The Kier molecular flexibility index (Phi) is 61.9. The van der Waals surface area contributed by atoms with Crippen LogP contribution in [0.3, 0.4) is 0 Å². The number of ether oxygens (including phenoxy) is 1. The minimum atomic E-state index is -0.840. The summed E-state index contributed by atoms with van der Waals surface area (Å²) in [5.74, 6) is -0.0410. The van der Waals surface area contributed by atoms with E-state index < -0.39 is 12.1 Å². The Morgan fingerprint density at radius 3 is 0.932 bits per heavy atom. The van der Waals surface area contributed by atoms with Gasteiger partial charge < -0.3 is 20.3 Å². The molecule has 0 spiro atoms. The molecule has 0 bridgehead atoms. The molecule has 0 radical (unpaired) electrons. The van der Waals surface area contributed by atoms with Crippen LogP contribution in [0.1, 0.15) is 380 Å². The molecule has 2 atom stereocenters. The van der Waals surface area contributed by atoms with E-state index in [9.17, 15) is 19.8 Å². The SMILES string of the molecule is CCCCCCCCCCCC/C=C/C(O)C(CO)NC(=O)CCCCCCCCCCCCCCCCCCCCCCCCCCCCCCOC(=O)CCCCCCCCCCCCCCCCCC. The number of aliphatic hydroxyl groups is 2. The zero-order valence-corrected chi connectivity index (χ0v) is 49.6. The van der Waals surface area contributed by atoms with E-state index in [0.29, 0.717) is 19.4 Å². The third-order valence-electron chi connectivity index (χ3n) is 15.8. The summed E-state index contributed by atoms with van der Waals surface area (Å²) in [7, 11) is 0. The number of unbranched alkanes of at least 4 members (excludes halogenated alkanes) is 52. The van der Waals surface area contributed by atoms with Gasteiger partial charge in [-0.05, 0) is 32.1 Å². The summed E-state index contributed by atoms with van der Waals surface area (Å²) in [5, 5.41) is 23.1. The fraction of sp³-hybridized carbons (Fsp3) is 0.940. The summed E-state index contributed by atoms with van der Waals surface area (Å²) in [5.41, 5.74) is 0. The lowest BCUT2D eigenvalue weighted by Gasteiger charge is -2.20. The van der Waals surface area contributed by atoms with Crippen molar-refractivity contribution in [3.63, 3.8) is 0 Å². The number of hydrogen-bond donors (Lipinski definition) is 3. The first kappa shape index (κ1) is 71.6. The van der Waals surface area contributed by atoms with Gasteiger partial charge in [0.2, 0.25) is 5.91 Å². The molecule has 434 valence electrons. The molecule has 0 fully saturated rings. The molecular weight excluding hydrogens is 899 g/mol. The third-order valence-corrected chi connectivity index (χ3v) is 15.8. The number of carbonyl (C=O) groups is 2. The highest BCUT2D eigenvalue weighted by Crippen LogP contribution is 2.19. The predicted molar refractivity (Wildman–Crippen MR) is 320 cm³/mol. The Balaban J connectivity index is 3.32. The lowest BCUT2D eigenvalue weighted by molar-refractivity contribution is -0.143. The first-order valence-corrected chi connectivity index (χ1v) is 33.5. The molecule has 73 heavy (non-hydrogen) atoms. The fourth-order valence-corrected chi connectivity index (χ4v) is 10.7. The molecule has 0 aliphatic rings. The highest BCUT2D eigenvalue weighted by atomic mass is 16.5. The van der Waals surface area contributed by atoms with Gasteiger partial charge in [0.25, 0.3) is 0 Å². The third kappa shape index (κ3) is 59.7.